The number of fused-ring (bicyclic) bond motifs is 5. The Morgan fingerprint density at radius 2 is 1.87 bits per heavy atom. The molecule has 4 rings (SSSR count). The van der Waals surface area contributed by atoms with Crippen molar-refractivity contribution in [2.45, 2.75) is 70.8 Å². The summed E-state index contributed by atoms with van der Waals surface area (Å²) in [4.78, 5) is 11.9. The topological polar surface area (TPSA) is 37.3 Å². The van der Waals surface area contributed by atoms with E-state index in [4.69, 9.17) is 0 Å². The third-order valence-electron chi connectivity index (χ3n) is 8.51. The minimum atomic E-state index is -0.678. The minimum absolute atomic E-state index is 0.00200. The molecule has 3 fully saturated rings. The molecule has 0 radical (unpaired) electrons. The first kappa shape index (κ1) is 15.6. The van der Waals surface area contributed by atoms with Gasteiger partial charge in [-0.3, -0.25) is 4.79 Å². The zero-order chi connectivity index (χ0) is 16.5. The van der Waals surface area contributed by atoms with Gasteiger partial charge in [-0.05, 0) is 74.2 Å². The molecule has 0 amide bonds. The van der Waals surface area contributed by atoms with Crippen molar-refractivity contribution in [2.75, 3.05) is 0 Å². The predicted octanol–water partition coefficient (Wildman–Crippen LogP) is 4.44. The fraction of sp³-hybridized carbons (Fsp3) is 0.762. The average Bonchev–Trinajstić information content (AvgIpc) is 2.80. The molecular weight excluding hydrogens is 284 g/mol. The van der Waals surface area contributed by atoms with Gasteiger partial charge in [0.05, 0.1) is 5.60 Å². The molecule has 0 aromatic carbocycles. The molecule has 0 aromatic heterocycles. The largest absolute Gasteiger partial charge is 0.385 e. The third-order valence-corrected chi connectivity index (χ3v) is 8.51. The van der Waals surface area contributed by atoms with E-state index >= 15 is 0 Å². The first-order valence-corrected chi connectivity index (χ1v) is 9.44. The SMILES string of the molecule is C=C[C@]1(O)CC[C@@H]2[C@H]3CCC4=CC(=O)CC[C@]4(C)[C@@H]3CC[C@]21C. The van der Waals surface area contributed by atoms with Gasteiger partial charge in [0.25, 0.3) is 0 Å². The predicted molar refractivity (Wildman–Crippen MR) is 91.9 cm³/mol. The number of aliphatic hydroxyl groups is 1. The Morgan fingerprint density at radius 1 is 1.13 bits per heavy atom. The lowest BCUT2D eigenvalue weighted by molar-refractivity contribution is -0.120. The molecule has 23 heavy (non-hydrogen) atoms. The summed E-state index contributed by atoms with van der Waals surface area (Å²) in [6.45, 7) is 8.67. The van der Waals surface area contributed by atoms with E-state index in [1.54, 1.807) is 0 Å². The van der Waals surface area contributed by atoms with E-state index in [-0.39, 0.29) is 10.8 Å². The van der Waals surface area contributed by atoms with E-state index in [0.717, 1.165) is 38.5 Å². The highest BCUT2D eigenvalue weighted by molar-refractivity contribution is 5.91. The number of hydrogen-bond donors (Lipinski definition) is 1. The number of allylic oxidation sites excluding steroid dienone is 1. The van der Waals surface area contributed by atoms with Crippen molar-refractivity contribution in [2.24, 2.45) is 28.6 Å². The van der Waals surface area contributed by atoms with Crippen LogP contribution in [-0.2, 0) is 4.79 Å². The van der Waals surface area contributed by atoms with Crippen LogP contribution in [0, 0.1) is 28.6 Å². The van der Waals surface area contributed by atoms with Crippen molar-refractivity contribution in [3.63, 3.8) is 0 Å². The average molecular weight is 314 g/mol. The van der Waals surface area contributed by atoms with Gasteiger partial charge < -0.3 is 5.11 Å². The maximum atomic E-state index is 11.9. The Balaban J connectivity index is 1.70. The van der Waals surface area contributed by atoms with Crippen LogP contribution in [0.25, 0.3) is 0 Å². The van der Waals surface area contributed by atoms with Gasteiger partial charge >= 0.3 is 0 Å². The van der Waals surface area contributed by atoms with Crippen molar-refractivity contribution in [3.05, 3.63) is 24.3 Å². The molecule has 3 saturated carbocycles. The van der Waals surface area contributed by atoms with Gasteiger partial charge in [0.1, 0.15) is 0 Å². The normalized spacial score (nSPS) is 52.2. The van der Waals surface area contributed by atoms with Crippen LogP contribution >= 0.6 is 0 Å². The van der Waals surface area contributed by atoms with E-state index in [1.807, 2.05) is 12.2 Å². The van der Waals surface area contributed by atoms with Crippen LogP contribution in [0.3, 0.4) is 0 Å². The smallest absolute Gasteiger partial charge is 0.155 e. The summed E-state index contributed by atoms with van der Waals surface area (Å²) in [6, 6.07) is 0. The van der Waals surface area contributed by atoms with Gasteiger partial charge in [-0.1, -0.05) is 25.5 Å². The molecule has 0 saturated heterocycles. The summed E-state index contributed by atoms with van der Waals surface area (Å²) in [5, 5.41) is 11.1. The van der Waals surface area contributed by atoms with Gasteiger partial charge in [-0.25, -0.2) is 0 Å². The molecule has 126 valence electrons. The molecule has 2 nitrogen and oxygen atoms in total. The van der Waals surface area contributed by atoms with Crippen molar-refractivity contribution in [1.29, 1.82) is 0 Å². The Bertz CT molecular complexity index is 591. The Hall–Kier alpha value is -0.890. The van der Waals surface area contributed by atoms with Crippen LogP contribution in [0.4, 0.5) is 0 Å². The lowest BCUT2D eigenvalue weighted by Crippen LogP contribution is -2.54. The Morgan fingerprint density at radius 3 is 2.61 bits per heavy atom. The molecule has 0 spiro atoms. The maximum absolute atomic E-state index is 11.9. The van der Waals surface area contributed by atoms with Crippen molar-refractivity contribution in [1.82, 2.24) is 0 Å². The van der Waals surface area contributed by atoms with Crippen LogP contribution in [0.15, 0.2) is 24.3 Å². The van der Waals surface area contributed by atoms with Gasteiger partial charge in [0.2, 0.25) is 0 Å². The molecule has 4 aliphatic rings. The van der Waals surface area contributed by atoms with Crippen LogP contribution in [0.5, 0.6) is 0 Å². The number of rotatable bonds is 1. The highest BCUT2D eigenvalue weighted by atomic mass is 16.3. The van der Waals surface area contributed by atoms with Crippen LogP contribution in [-0.4, -0.2) is 16.5 Å². The second-order valence-electron chi connectivity index (χ2n) is 9.09. The van der Waals surface area contributed by atoms with Crippen molar-refractivity contribution >= 4 is 5.78 Å². The molecule has 0 heterocycles. The quantitative estimate of drug-likeness (QED) is 0.727. The zero-order valence-electron chi connectivity index (χ0n) is 14.6. The van der Waals surface area contributed by atoms with Gasteiger partial charge in [-0.2, -0.15) is 0 Å². The highest BCUT2D eigenvalue weighted by Crippen LogP contribution is 2.67. The summed E-state index contributed by atoms with van der Waals surface area (Å²) in [5.41, 5.74) is 0.975. The molecule has 2 heteroatoms. The fourth-order valence-electron chi connectivity index (χ4n) is 6.95. The fourth-order valence-corrected chi connectivity index (χ4v) is 6.95. The molecule has 6 atom stereocenters. The summed E-state index contributed by atoms with van der Waals surface area (Å²) in [7, 11) is 0. The number of carbonyl (C=O) groups is 1. The zero-order valence-corrected chi connectivity index (χ0v) is 14.6. The molecule has 0 aliphatic heterocycles. The first-order valence-electron chi connectivity index (χ1n) is 9.44. The third kappa shape index (κ3) is 1.88. The standard InChI is InChI=1S/C21H30O2/c1-4-21(23)12-9-18-16-6-5-14-13-15(22)7-10-19(14,2)17(16)8-11-20(18,21)3/h4,13,16-18,23H,1,5-12H2,2-3H3/t16-,17+,18+,19-,20+,21-/m0/s1. The van der Waals surface area contributed by atoms with E-state index in [2.05, 4.69) is 20.4 Å². The second-order valence-corrected chi connectivity index (χ2v) is 9.09. The maximum Gasteiger partial charge on any atom is 0.155 e. The molecule has 0 bridgehead atoms. The first-order chi connectivity index (χ1) is 10.8. The molecular formula is C21H30O2. The van der Waals surface area contributed by atoms with E-state index in [0.29, 0.717) is 23.5 Å². The van der Waals surface area contributed by atoms with Crippen LogP contribution in [0.1, 0.15) is 65.2 Å². The summed E-state index contributed by atoms with van der Waals surface area (Å²) in [6.07, 6.45) is 12.1. The summed E-state index contributed by atoms with van der Waals surface area (Å²) >= 11 is 0. The van der Waals surface area contributed by atoms with Crippen LogP contribution < -0.4 is 0 Å². The van der Waals surface area contributed by atoms with Crippen molar-refractivity contribution in [3.8, 4) is 0 Å². The lowest BCUT2D eigenvalue weighted by Gasteiger charge is -2.58. The van der Waals surface area contributed by atoms with Crippen molar-refractivity contribution < 1.29 is 9.90 Å². The second kappa shape index (κ2) is 4.81. The summed E-state index contributed by atoms with van der Waals surface area (Å²) in [5.74, 6) is 2.35. The Kier molecular flexibility index (Phi) is 3.27. The lowest BCUT2D eigenvalue weighted by atomic mass is 9.46. The monoisotopic (exact) mass is 314 g/mol. The molecule has 1 N–H and O–H groups in total. The Labute approximate surface area is 140 Å². The minimum Gasteiger partial charge on any atom is -0.385 e. The van der Waals surface area contributed by atoms with Gasteiger partial charge in [0.15, 0.2) is 5.78 Å². The van der Waals surface area contributed by atoms with E-state index in [1.165, 1.54) is 18.4 Å². The molecule has 4 aliphatic carbocycles. The molecule has 0 aromatic rings. The van der Waals surface area contributed by atoms with Gasteiger partial charge in [-0.15, -0.1) is 6.58 Å². The number of ketones is 1. The van der Waals surface area contributed by atoms with E-state index in [9.17, 15) is 9.90 Å². The number of carbonyl (C=O) groups excluding carboxylic acids is 1. The molecule has 0 unspecified atom stereocenters. The van der Waals surface area contributed by atoms with E-state index < -0.39 is 5.60 Å². The number of hydrogen-bond acceptors (Lipinski definition) is 2. The van der Waals surface area contributed by atoms with Gasteiger partial charge in [0, 0.05) is 11.8 Å². The highest BCUT2D eigenvalue weighted by Gasteiger charge is 2.62. The van der Waals surface area contributed by atoms with Crippen LogP contribution in [0.2, 0.25) is 0 Å². The summed E-state index contributed by atoms with van der Waals surface area (Å²) < 4.78 is 0.